The van der Waals surface area contributed by atoms with Crippen molar-refractivity contribution >= 4 is 23.4 Å². The Morgan fingerprint density at radius 1 is 1.17 bits per heavy atom. The molecule has 42 heavy (non-hydrogen) atoms. The monoisotopic (exact) mass is 582 g/mol. The Hall–Kier alpha value is -4.36. The highest BCUT2D eigenvalue weighted by Crippen LogP contribution is 2.44. The fraction of sp³-hybridized carbons (Fsp3) is 0.379. The van der Waals surface area contributed by atoms with Gasteiger partial charge in [0.15, 0.2) is 0 Å². The molecule has 3 heterocycles. The van der Waals surface area contributed by atoms with Crippen LogP contribution in [0.1, 0.15) is 42.2 Å². The number of methoxy groups -OCH3 is 1. The summed E-state index contributed by atoms with van der Waals surface area (Å²) in [6.07, 6.45) is 4.06. The van der Waals surface area contributed by atoms with E-state index in [1.54, 1.807) is 12.3 Å². The topological polar surface area (TPSA) is 163 Å². The first-order valence-corrected chi connectivity index (χ1v) is 13.5. The van der Waals surface area contributed by atoms with Crippen LogP contribution >= 0.6 is 0 Å². The molecule has 1 aromatic carbocycles. The van der Waals surface area contributed by atoms with Gasteiger partial charge < -0.3 is 36.2 Å². The first kappa shape index (κ1) is 29.1. The number of ether oxygens (including phenoxy) is 1. The van der Waals surface area contributed by atoms with Crippen molar-refractivity contribution in [2.24, 2.45) is 11.7 Å². The number of nitrogens with zero attached hydrogens (tertiary/aromatic N) is 3. The van der Waals surface area contributed by atoms with Gasteiger partial charge in [0.25, 0.3) is 5.91 Å². The summed E-state index contributed by atoms with van der Waals surface area (Å²) >= 11 is 0. The molecule has 2 fully saturated rings. The van der Waals surface area contributed by atoms with Gasteiger partial charge in [0.1, 0.15) is 28.8 Å². The highest BCUT2D eigenvalue weighted by atomic mass is 19.1. The maximum atomic E-state index is 15.2. The van der Waals surface area contributed by atoms with Crippen molar-refractivity contribution in [2.75, 3.05) is 30.4 Å². The average molecular weight is 583 g/mol. The second-order valence-electron chi connectivity index (χ2n) is 10.8. The van der Waals surface area contributed by atoms with Crippen molar-refractivity contribution in [3.63, 3.8) is 0 Å². The molecule has 1 saturated carbocycles. The number of phenols is 1. The Morgan fingerprint density at radius 3 is 2.57 bits per heavy atom. The van der Waals surface area contributed by atoms with E-state index in [4.69, 9.17) is 10.5 Å². The van der Waals surface area contributed by atoms with Crippen LogP contribution in [0.5, 0.6) is 5.75 Å². The second-order valence-corrected chi connectivity index (χ2v) is 10.8. The van der Waals surface area contributed by atoms with Crippen molar-refractivity contribution in [2.45, 2.75) is 43.9 Å². The molecule has 2 aliphatic rings. The van der Waals surface area contributed by atoms with Crippen LogP contribution in [0.2, 0.25) is 0 Å². The number of aromatic hydroxyl groups is 1. The number of rotatable bonds is 6. The number of piperidine rings is 1. The van der Waals surface area contributed by atoms with E-state index in [2.05, 4.69) is 20.6 Å². The molecule has 2 aromatic heterocycles. The molecule has 3 atom stereocenters. The number of phenolic OH excluding ortho intramolecular Hbond substituents is 1. The number of carbonyl (C=O) groups is 2. The average Bonchev–Trinajstić information content (AvgIpc) is 2.94. The molecular formula is C29H32F2N6O5. The maximum absolute atomic E-state index is 15.2. The molecule has 0 bridgehead atoms. The zero-order valence-electron chi connectivity index (χ0n) is 23.1. The van der Waals surface area contributed by atoms with E-state index in [-0.39, 0.29) is 23.2 Å². The second kappa shape index (κ2) is 11.5. The smallest absolute Gasteiger partial charge is 0.407 e. The molecule has 13 heteroatoms. The number of aromatic nitrogens is 2. The summed E-state index contributed by atoms with van der Waals surface area (Å²) < 4.78 is 34.7. The highest BCUT2D eigenvalue weighted by Gasteiger charge is 2.38. The van der Waals surface area contributed by atoms with Gasteiger partial charge in [0.2, 0.25) is 0 Å². The van der Waals surface area contributed by atoms with Gasteiger partial charge in [-0.3, -0.25) is 9.78 Å². The third kappa shape index (κ3) is 5.57. The lowest BCUT2D eigenvalue weighted by atomic mass is 9.75. The Bertz CT molecular complexity index is 1480. The number of benzene rings is 1. The van der Waals surface area contributed by atoms with Gasteiger partial charge in [-0.2, -0.15) is 0 Å². The van der Waals surface area contributed by atoms with Crippen LogP contribution in [-0.4, -0.2) is 64.5 Å². The molecule has 0 radical (unpaired) electrons. The number of hydrogen-bond acceptors (Lipinski definition) is 9. The number of alkyl carbamates (subject to hydrolysis) is 1. The van der Waals surface area contributed by atoms with Crippen LogP contribution in [0.25, 0.3) is 11.3 Å². The lowest BCUT2D eigenvalue weighted by Crippen LogP contribution is -2.62. The quantitative estimate of drug-likeness (QED) is 0.294. The fourth-order valence-electron chi connectivity index (χ4n) is 5.55. The summed E-state index contributed by atoms with van der Waals surface area (Å²) in [4.78, 5) is 35.1. The molecule has 6 N–H and O–H groups in total. The number of nitrogens with one attached hydrogen (secondary N) is 2. The molecule has 1 aliphatic heterocycles. The Balaban J connectivity index is 1.38. The van der Waals surface area contributed by atoms with Crippen LogP contribution in [0.4, 0.5) is 25.0 Å². The molecule has 2 amide bonds. The van der Waals surface area contributed by atoms with Gasteiger partial charge in [0.05, 0.1) is 41.9 Å². The molecular weight excluding hydrogens is 550 g/mol. The van der Waals surface area contributed by atoms with Crippen LogP contribution in [0.15, 0.2) is 42.7 Å². The summed E-state index contributed by atoms with van der Waals surface area (Å²) in [7, 11) is 1.28. The lowest BCUT2D eigenvalue weighted by Gasteiger charge is -2.42. The molecule has 1 saturated heterocycles. The van der Waals surface area contributed by atoms with Gasteiger partial charge in [-0.25, -0.2) is 18.6 Å². The molecule has 1 aliphatic carbocycles. The van der Waals surface area contributed by atoms with E-state index >= 15 is 4.39 Å². The van der Waals surface area contributed by atoms with Gasteiger partial charge in [0, 0.05) is 25.3 Å². The van der Waals surface area contributed by atoms with E-state index < -0.39 is 52.3 Å². The number of amides is 2. The normalized spacial score (nSPS) is 21.3. The number of nitrogens with two attached hydrogens (primary N) is 1. The number of carbonyl (C=O) groups excluding carboxylic acids is 2. The number of pyridine rings is 2. The summed E-state index contributed by atoms with van der Waals surface area (Å²) in [5.74, 6) is -3.29. The predicted octanol–water partition coefficient (Wildman–Crippen LogP) is 3.26. The van der Waals surface area contributed by atoms with Crippen molar-refractivity contribution in [1.29, 1.82) is 0 Å². The predicted molar refractivity (Wildman–Crippen MR) is 150 cm³/mol. The van der Waals surface area contributed by atoms with Crippen molar-refractivity contribution < 1.29 is 33.3 Å². The number of anilines is 2. The van der Waals surface area contributed by atoms with Gasteiger partial charge in [-0.15, -0.1) is 0 Å². The zero-order chi connectivity index (χ0) is 30.2. The van der Waals surface area contributed by atoms with Crippen molar-refractivity contribution in [1.82, 2.24) is 15.3 Å². The minimum atomic E-state index is -1.24. The van der Waals surface area contributed by atoms with Crippen molar-refractivity contribution in [3.8, 4) is 17.0 Å². The molecule has 5 rings (SSSR count). The third-order valence-corrected chi connectivity index (χ3v) is 7.97. The van der Waals surface area contributed by atoms with Gasteiger partial charge in [-0.05, 0) is 61.1 Å². The maximum Gasteiger partial charge on any atom is 0.407 e. The summed E-state index contributed by atoms with van der Waals surface area (Å²) in [5.41, 5.74) is 5.00. The summed E-state index contributed by atoms with van der Waals surface area (Å²) in [6.45, 7) is 2.79. The molecule has 0 unspecified atom stereocenters. The number of aliphatic hydroxyl groups is 1. The molecule has 11 nitrogen and oxygen atoms in total. The van der Waals surface area contributed by atoms with E-state index in [0.29, 0.717) is 37.3 Å². The molecule has 3 aromatic rings. The van der Waals surface area contributed by atoms with Crippen molar-refractivity contribution in [3.05, 3.63) is 65.6 Å². The SMILES string of the molecule is COC(=O)N[C@@H]1[C@H](N)CN(c2ccncc2NC(=O)c2ccc(F)c(-c3c(O)cc(C4(O)CCC4)cc3F)n2)C[C@@H]1C. The summed E-state index contributed by atoms with van der Waals surface area (Å²) in [5, 5.41) is 26.6. The largest absolute Gasteiger partial charge is 0.507 e. The number of halogens is 2. The van der Waals surface area contributed by atoms with E-state index in [0.717, 1.165) is 24.6 Å². The van der Waals surface area contributed by atoms with Gasteiger partial charge >= 0.3 is 6.09 Å². The van der Waals surface area contributed by atoms with E-state index in [1.807, 2.05) is 11.8 Å². The van der Waals surface area contributed by atoms with E-state index in [1.165, 1.54) is 19.4 Å². The Labute approximate surface area is 240 Å². The Kier molecular flexibility index (Phi) is 7.97. The standard InChI is InChI=1S/C29H32F2N6O5/c1-15-13-37(14-19(32)25(15)36-28(40)42-2)22-6-9-33-12-21(22)35-27(39)20-5-4-17(30)26(34-20)24-18(31)10-16(11-23(24)38)29(41)7-3-8-29/h4-6,9-12,15,19,25,38,41H,3,7-8,13-14,32H2,1-2H3,(H,35,39)(H,36,40)/t15-,19+,25-/m0/s1. The van der Waals surface area contributed by atoms with Gasteiger partial charge in [-0.1, -0.05) is 6.92 Å². The summed E-state index contributed by atoms with van der Waals surface area (Å²) in [6, 6.07) is 5.31. The van der Waals surface area contributed by atoms with E-state index in [9.17, 15) is 24.2 Å². The van der Waals surface area contributed by atoms with Crippen LogP contribution in [-0.2, 0) is 10.3 Å². The fourth-order valence-corrected chi connectivity index (χ4v) is 5.55. The third-order valence-electron chi connectivity index (χ3n) is 7.97. The number of hydrogen-bond donors (Lipinski definition) is 5. The highest BCUT2D eigenvalue weighted by molar-refractivity contribution is 6.05. The molecule has 0 spiro atoms. The first-order chi connectivity index (χ1) is 20.0. The minimum Gasteiger partial charge on any atom is -0.507 e. The van der Waals surface area contributed by atoms with Crippen LogP contribution in [0.3, 0.4) is 0 Å². The molecule has 222 valence electrons. The minimum absolute atomic E-state index is 0.0649. The zero-order valence-corrected chi connectivity index (χ0v) is 23.1. The lowest BCUT2D eigenvalue weighted by molar-refractivity contribution is -0.0391. The first-order valence-electron chi connectivity index (χ1n) is 13.5. The van der Waals surface area contributed by atoms with Crippen LogP contribution in [0, 0.1) is 17.6 Å². The van der Waals surface area contributed by atoms with Crippen LogP contribution < -0.4 is 21.3 Å². The Morgan fingerprint density at radius 2 is 1.93 bits per heavy atom.